The molecule has 0 amide bonds. The molecule has 0 fully saturated rings. The fourth-order valence-corrected chi connectivity index (χ4v) is 2.86. The summed E-state index contributed by atoms with van der Waals surface area (Å²) in [6.07, 6.45) is 1.79. The smallest absolute Gasteiger partial charge is 0.171 e. The molecule has 0 unspecified atom stereocenters. The predicted octanol–water partition coefficient (Wildman–Crippen LogP) is 4.44. The minimum atomic E-state index is -0.241. The van der Waals surface area contributed by atoms with Crippen LogP contribution in [-0.2, 0) is 6.54 Å². The van der Waals surface area contributed by atoms with Crippen LogP contribution in [0.1, 0.15) is 5.56 Å². The Hall–Kier alpha value is -2.31. The van der Waals surface area contributed by atoms with Crippen molar-refractivity contribution in [2.24, 2.45) is 0 Å². The van der Waals surface area contributed by atoms with E-state index >= 15 is 0 Å². The first kappa shape index (κ1) is 15.6. The lowest BCUT2D eigenvalue weighted by molar-refractivity contribution is 0.627. The molecule has 0 saturated carbocycles. The summed E-state index contributed by atoms with van der Waals surface area (Å²) in [7, 11) is 0. The second-order valence-corrected chi connectivity index (χ2v) is 6.15. The SMILES string of the molecule is Fc1ccc(CNC(=S)Nc2ccc(-c3nccs3)cc2)cc1. The van der Waals surface area contributed by atoms with Crippen molar-refractivity contribution in [1.29, 1.82) is 0 Å². The van der Waals surface area contributed by atoms with E-state index in [1.54, 1.807) is 29.7 Å². The van der Waals surface area contributed by atoms with Crippen molar-refractivity contribution in [3.8, 4) is 10.6 Å². The van der Waals surface area contributed by atoms with Gasteiger partial charge in [0.1, 0.15) is 10.8 Å². The molecule has 2 N–H and O–H groups in total. The van der Waals surface area contributed by atoms with E-state index in [-0.39, 0.29) is 5.82 Å². The average Bonchev–Trinajstić information content (AvgIpc) is 3.09. The van der Waals surface area contributed by atoms with E-state index in [1.807, 2.05) is 29.6 Å². The van der Waals surface area contributed by atoms with Crippen LogP contribution in [0.15, 0.2) is 60.1 Å². The van der Waals surface area contributed by atoms with Crippen LogP contribution in [-0.4, -0.2) is 10.1 Å². The number of thiocarbonyl (C=S) groups is 1. The lowest BCUT2D eigenvalue weighted by Crippen LogP contribution is -2.27. The fourth-order valence-electron chi connectivity index (χ4n) is 2.02. The fraction of sp³-hybridized carbons (Fsp3) is 0.0588. The molecule has 0 aliphatic heterocycles. The van der Waals surface area contributed by atoms with Crippen LogP contribution in [0, 0.1) is 5.82 Å². The molecule has 3 rings (SSSR count). The lowest BCUT2D eigenvalue weighted by Gasteiger charge is -2.11. The van der Waals surface area contributed by atoms with Gasteiger partial charge in [0.15, 0.2) is 5.11 Å². The van der Waals surface area contributed by atoms with Crippen LogP contribution in [0.4, 0.5) is 10.1 Å². The van der Waals surface area contributed by atoms with Crippen molar-refractivity contribution in [1.82, 2.24) is 10.3 Å². The van der Waals surface area contributed by atoms with Crippen molar-refractivity contribution in [3.05, 3.63) is 71.5 Å². The second-order valence-electron chi connectivity index (χ2n) is 4.85. The summed E-state index contributed by atoms with van der Waals surface area (Å²) < 4.78 is 12.8. The summed E-state index contributed by atoms with van der Waals surface area (Å²) >= 11 is 6.87. The van der Waals surface area contributed by atoms with Crippen molar-refractivity contribution in [2.75, 3.05) is 5.32 Å². The molecule has 1 heterocycles. The van der Waals surface area contributed by atoms with E-state index in [9.17, 15) is 4.39 Å². The van der Waals surface area contributed by atoms with E-state index in [1.165, 1.54) is 12.1 Å². The van der Waals surface area contributed by atoms with Gasteiger partial charge in [0.25, 0.3) is 0 Å². The summed E-state index contributed by atoms with van der Waals surface area (Å²) in [6, 6.07) is 14.3. The molecular formula is C17H14FN3S2. The van der Waals surface area contributed by atoms with Gasteiger partial charge < -0.3 is 10.6 Å². The largest absolute Gasteiger partial charge is 0.358 e. The predicted molar refractivity (Wildman–Crippen MR) is 97.0 cm³/mol. The minimum Gasteiger partial charge on any atom is -0.358 e. The molecular weight excluding hydrogens is 329 g/mol. The van der Waals surface area contributed by atoms with E-state index in [0.29, 0.717) is 11.7 Å². The van der Waals surface area contributed by atoms with Gasteiger partial charge in [-0.1, -0.05) is 12.1 Å². The van der Waals surface area contributed by atoms with Crippen LogP contribution < -0.4 is 10.6 Å². The zero-order valence-corrected chi connectivity index (χ0v) is 13.8. The lowest BCUT2D eigenvalue weighted by atomic mass is 10.2. The van der Waals surface area contributed by atoms with Crippen LogP contribution in [0.5, 0.6) is 0 Å². The molecule has 6 heteroatoms. The van der Waals surface area contributed by atoms with Crippen LogP contribution >= 0.6 is 23.6 Å². The number of aromatic nitrogens is 1. The molecule has 116 valence electrons. The Balaban J connectivity index is 1.54. The molecule has 3 aromatic rings. The highest BCUT2D eigenvalue weighted by molar-refractivity contribution is 7.80. The van der Waals surface area contributed by atoms with Gasteiger partial charge in [-0.3, -0.25) is 0 Å². The summed E-state index contributed by atoms with van der Waals surface area (Å²) in [5.41, 5.74) is 2.95. The maximum atomic E-state index is 12.8. The third kappa shape index (κ3) is 4.34. The van der Waals surface area contributed by atoms with Gasteiger partial charge >= 0.3 is 0 Å². The highest BCUT2D eigenvalue weighted by atomic mass is 32.1. The van der Waals surface area contributed by atoms with Crippen LogP contribution in [0.3, 0.4) is 0 Å². The highest BCUT2D eigenvalue weighted by Crippen LogP contribution is 2.23. The van der Waals surface area contributed by atoms with Gasteiger partial charge in [-0.25, -0.2) is 9.37 Å². The highest BCUT2D eigenvalue weighted by Gasteiger charge is 2.02. The van der Waals surface area contributed by atoms with Crippen molar-refractivity contribution >= 4 is 34.4 Å². The van der Waals surface area contributed by atoms with Gasteiger partial charge in [-0.15, -0.1) is 11.3 Å². The Bertz CT molecular complexity index is 769. The van der Waals surface area contributed by atoms with E-state index in [2.05, 4.69) is 15.6 Å². The molecule has 23 heavy (non-hydrogen) atoms. The zero-order chi connectivity index (χ0) is 16.1. The second kappa shape index (κ2) is 7.30. The normalized spacial score (nSPS) is 10.3. The topological polar surface area (TPSA) is 37.0 Å². The Morgan fingerprint density at radius 1 is 1.09 bits per heavy atom. The third-order valence-electron chi connectivity index (χ3n) is 3.19. The summed E-state index contributed by atoms with van der Waals surface area (Å²) in [5, 5.41) is 9.69. The van der Waals surface area contributed by atoms with E-state index < -0.39 is 0 Å². The Morgan fingerprint density at radius 2 is 1.83 bits per heavy atom. The average molecular weight is 343 g/mol. The maximum Gasteiger partial charge on any atom is 0.171 e. The first-order valence-corrected chi connectivity index (χ1v) is 8.29. The molecule has 1 aromatic heterocycles. The molecule has 0 radical (unpaired) electrons. The van der Waals surface area contributed by atoms with Crippen molar-refractivity contribution < 1.29 is 4.39 Å². The molecule has 2 aromatic carbocycles. The first-order valence-electron chi connectivity index (χ1n) is 7.00. The standard InChI is InChI=1S/C17H14FN3S2/c18-14-5-1-12(2-6-14)11-20-17(22)21-15-7-3-13(4-8-15)16-19-9-10-23-16/h1-10H,11H2,(H2,20,21,22). The van der Waals surface area contributed by atoms with Crippen LogP contribution in [0.25, 0.3) is 10.6 Å². The van der Waals surface area contributed by atoms with Gasteiger partial charge in [-0.2, -0.15) is 0 Å². The Kier molecular flexibility index (Phi) is 4.95. The van der Waals surface area contributed by atoms with Crippen LogP contribution in [0.2, 0.25) is 0 Å². The zero-order valence-electron chi connectivity index (χ0n) is 12.1. The number of anilines is 1. The summed E-state index contributed by atoms with van der Waals surface area (Å²) in [6.45, 7) is 0.545. The number of rotatable bonds is 4. The summed E-state index contributed by atoms with van der Waals surface area (Å²) in [4.78, 5) is 4.28. The third-order valence-corrected chi connectivity index (χ3v) is 4.26. The van der Waals surface area contributed by atoms with Gasteiger partial charge in [0, 0.05) is 29.4 Å². The molecule has 0 aliphatic rings. The number of hydrogen-bond donors (Lipinski definition) is 2. The molecule has 0 bridgehead atoms. The number of hydrogen-bond acceptors (Lipinski definition) is 3. The number of halogens is 1. The quantitative estimate of drug-likeness (QED) is 0.687. The van der Waals surface area contributed by atoms with Gasteiger partial charge in [0.05, 0.1) is 0 Å². The molecule has 0 aliphatic carbocycles. The number of thiazole rings is 1. The number of nitrogens with zero attached hydrogens (tertiary/aromatic N) is 1. The van der Waals surface area contributed by atoms with E-state index in [0.717, 1.165) is 21.8 Å². The number of benzene rings is 2. The first-order chi connectivity index (χ1) is 11.2. The van der Waals surface area contributed by atoms with Crippen molar-refractivity contribution in [2.45, 2.75) is 6.54 Å². The monoisotopic (exact) mass is 343 g/mol. The van der Waals surface area contributed by atoms with Crippen molar-refractivity contribution in [3.63, 3.8) is 0 Å². The molecule has 3 nitrogen and oxygen atoms in total. The Labute approximate surface area is 143 Å². The molecule has 0 spiro atoms. The number of nitrogens with one attached hydrogen (secondary N) is 2. The maximum absolute atomic E-state index is 12.8. The Morgan fingerprint density at radius 3 is 2.48 bits per heavy atom. The molecule has 0 atom stereocenters. The summed E-state index contributed by atoms with van der Waals surface area (Å²) in [5.74, 6) is -0.241. The molecule has 0 saturated heterocycles. The van der Waals surface area contributed by atoms with Gasteiger partial charge in [0.2, 0.25) is 0 Å². The van der Waals surface area contributed by atoms with Gasteiger partial charge in [-0.05, 0) is 54.2 Å². The van der Waals surface area contributed by atoms with E-state index in [4.69, 9.17) is 12.2 Å². The minimum absolute atomic E-state index is 0.241.